The number of oxazole rings is 1. The zero-order valence-corrected chi connectivity index (χ0v) is 9.93. The van der Waals surface area contributed by atoms with Gasteiger partial charge in [-0.2, -0.15) is 4.98 Å². The molecule has 0 radical (unpaired) electrons. The van der Waals surface area contributed by atoms with Gasteiger partial charge in [-0.3, -0.25) is 4.98 Å². The van der Waals surface area contributed by atoms with E-state index < -0.39 is 0 Å². The second kappa shape index (κ2) is 4.97. The molecule has 5 heteroatoms. The van der Waals surface area contributed by atoms with E-state index in [0.717, 1.165) is 17.8 Å². The third kappa shape index (κ3) is 2.62. The molecule has 0 saturated heterocycles. The number of nitrogens with two attached hydrogens (primary N) is 1. The van der Waals surface area contributed by atoms with Crippen molar-refractivity contribution in [1.29, 1.82) is 0 Å². The number of aryl methyl sites for hydroxylation is 2. The molecule has 0 fully saturated rings. The molecular weight excluding hydrogens is 218 g/mol. The van der Waals surface area contributed by atoms with E-state index in [1.54, 1.807) is 0 Å². The summed E-state index contributed by atoms with van der Waals surface area (Å²) in [5.41, 5.74) is 7.96. The minimum atomic E-state index is 0.200. The van der Waals surface area contributed by atoms with Crippen LogP contribution in [0.25, 0.3) is 0 Å². The summed E-state index contributed by atoms with van der Waals surface area (Å²) in [5.74, 6) is 0.670. The molecule has 0 spiro atoms. The van der Waals surface area contributed by atoms with E-state index in [2.05, 4.69) is 9.97 Å². The highest BCUT2D eigenvalue weighted by Gasteiger charge is 2.09. The normalized spacial score (nSPS) is 10.5. The van der Waals surface area contributed by atoms with Crippen LogP contribution in [0.15, 0.2) is 22.8 Å². The number of pyridine rings is 1. The number of aromatic nitrogens is 2. The van der Waals surface area contributed by atoms with Crippen LogP contribution in [0, 0.1) is 6.92 Å². The summed E-state index contributed by atoms with van der Waals surface area (Å²) in [6.07, 6.45) is 2.48. The molecule has 0 aromatic carbocycles. The predicted molar refractivity (Wildman–Crippen MR) is 62.8 cm³/mol. The van der Waals surface area contributed by atoms with E-state index in [4.69, 9.17) is 14.9 Å². The van der Waals surface area contributed by atoms with Crippen molar-refractivity contribution in [3.05, 3.63) is 35.5 Å². The predicted octanol–water partition coefficient (Wildman–Crippen LogP) is 2.19. The van der Waals surface area contributed by atoms with Crippen molar-refractivity contribution in [3.63, 3.8) is 0 Å². The fourth-order valence-corrected chi connectivity index (χ4v) is 1.47. The third-order valence-corrected chi connectivity index (χ3v) is 2.34. The number of hydrogen-bond donors (Lipinski definition) is 1. The van der Waals surface area contributed by atoms with Crippen molar-refractivity contribution in [3.8, 4) is 11.8 Å². The molecule has 0 atom stereocenters. The lowest BCUT2D eigenvalue weighted by Gasteiger charge is -2.06. The van der Waals surface area contributed by atoms with Gasteiger partial charge >= 0.3 is 6.08 Å². The topological polar surface area (TPSA) is 74.2 Å². The molecule has 0 aliphatic heterocycles. The molecule has 90 valence electrons. The van der Waals surface area contributed by atoms with E-state index >= 15 is 0 Å². The quantitative estimate of drug-likeness (QED) is 0.876. The monoisotopic (exact) mass is 233 g/mol. The first-order valence-electron chi connectivity index (χ1n) is 5.51. The first kappa shape index (κ1) is 11.6. The van der Waals surface area contributed by atoms with Gasteiger partial charge in [0.1, 0.15) is 6.26 Å². The van der Waals surface area contributed by atoms with Gasteiger partial charge in [0.05, 0.1) is 11.4 Å². The Kier molecular flexibility index (Phi) is 3.39. The molecule has 0 saturated carbocycles. The molecule has 0 aliphatic carbocycles. The number of rotatable bonds is 4. The molecule has 2 aromatic heterocycles. The van der Waals surface area contributed by atoms with E-state index in [0.29, 0.717) is 18.0 Å². The van der Waals surface area contributed by atoms with Crippen molar-refractivity contribution < 1.29 is 9.15 Å². The molecule has 2 heterocycles. The van der Waals surface area contributed by atoms with Gasteiger partial charge in [-0.25, -0.2) is 0 Å². The maximum Gasteiger partial charge on any atom is 0.399 e. The van der Waals surface area contributed by atoms with Crippen LogP contribution in [-0.4, -0.2) is 9.97 Å². The Hall–Kier alpha value is -1.88. The fourth-order valence-electron chi connectivity index (χ4n) is 1.47. The van der Waals surface area contributed by atoms with Gasteiger partial charge in [-0.05, 0) is 25.5 Å². The van der Waals surface area contributed by atoms with Crippen molar-refractivity contribution in [2.75, 3.05) is 0 Å². The van der Waals surface area contributed by atoms with E-state index in [-0.39, 0.29) is 6.08 Å². The summed E-state index contributed by atoms with van der Waals surface area (Å²) in [7, 11) is 0. The summed E-state index contributed by atoms with van der Waals surface area (Å²) < 4.78 is 10.7. The van der Waals surface area contributed by atoms with Gasteiger partial charge in [-0.1, -0.05) is 6.92 Å². The van der Waals surface area contributed by atoms with Gasteiger partial charge in [0, 0.05) is 12.2 Å². The molecule has 2 N–H and O–H groups in total. The Balaban J connectivity index is 2.23. The van der Waals surface area contributed by atoms with Crippen molar-refractivity contribution in [2.24, 2.45) is 5.73 Å². The van der Waals surface area contributed by atoms with E-state index in [1.807, 2.05) is 26.0 Å². The fraction of sp³-hybridized carbons (Fsp3) is 0.333. The van der Waals surface area contributed by atoms with Crippen LogP contribution in [0.3, 0.4) is 0 Å². The second-order valence-electron chi connectivity index (χ2n) is 3.66. The lowest BCUT2D eigenvalue weighted by Crippen LogP contribution is -1.97. The molecule has 0 unspecified atom stereocenters. The van der Waals surface area contributed by atoms with Crippen LogP contribution in [-0.2, 0) is 13.0 Å². The summed E-state index contributed by atoms with van der Waals surface area (Å²) in [6.45, 7) is 4.30. The maximum absolute atomic E-state index is 5.54. The van der Waals surface area contributed by atoms with Crippen molar-refractivity contribution >= 4 is 0 Å². The molecule has 2 rings (SSSR count). The Labute approximate surface area is 99.6 Å². The van der Waals surface area contributed by atoms with Crippen molar-refractivity contribution in [2.45, 2.75) is 26.8 Å². The largest absolute Gasteiger partial charge is 0.417 e. The average molecular weight is 233 g/mol. The minimum Gasteiger partial charge on any atom is -0.417 e. The standard InChI is InChI=1S/C12H15N3O2/c1-3-10-11(5-4-8(2)14-10)17-12-15-9(6-13)7-16-12/h4-5,7H,3,6,13H2,1-2H3. The Bertz CT molecular complexity index is 508. The first-order chi connectivity index (χ1) is 8.22. The highest BCUT2D eigenvalue weighted by atomic mass is 16.6. The maximum atomic E-state index is 5.54. The average Bonchev–Trinajstić information content (AvgIpc) is 2.79. The Morgan fingerprint density at radius 2 is 2.18 bits per heavy atom. The summed E-state index contributed by atoms with van der Waals surface area (Å²) in [6, 6.07) is 3.76. The molecule has 0 bridgehead atoms. The zero-order chi connectivity index (χ0) is 12.3. The first-order valence-corrected chi connectivity index (χ1v) is 5.51. The second-order valence-corrected chi connectivity index (χ2v) is 3.66. The van der Waals surface area contributed by atoms with Gasteiger partial charge in [0.2, 0.25) is 0 Å². The van der Waals surface area contributed by atoms with Crippen LogP contribution < -0.4 is 10.5 Å². The number of ether oxygens (including phenoxy) is 1. The number of nitrogens with zero attached hydrogens (tertiary/aromatic N) is 2. The van der Waals surface area contributed by atoms with E-state index in [1.165, 1.54) is 6.26 Å². The number of hydrogen-bond acceptors (Lipinski definition) is 5. The summed E-state index contributed by atoms with van der Waals surface area (Å²) >= 11 is 0. The Morgan fingerprint density at radius 3 is 2.82 bits per heavy atom. The molecule has 17 heavy (non-hydrogen) atoms. The third-order valence-electron chi connectivity index (χ3n) is 2.34. The van der Waals surface area contributed by atoms with E-state index in [9.17, 15) is 0 Å². The SMILES string of the molecule is CCc1nc(C)ccc1Oc1nc(CN)co1. The highest BCUT2D eigenvalue weighted by molar-refractivity contribution is 5.31. The van der Waals surface area contributed by atoms with Crippen LogP contribution in [0.2, 0.25) is 0 Å². The summed E-state index contributed by atoms with van der Waals surface area (Å²) in [5, 5.41) is 0. The highest BCUT2D eigenvalue weighted by Crippen LogP contribution is 2.24. The molecular formula is C12H15N3O2. The molecule has 0 amide bonds. The zero-order valence-electron chi connectivity index (χ0n) is 9.93. The smallest absolute Gasteiger partial charge is 0.399 e. The van der Waals surface area contributed by atoms with Crippen LogP contribution >= 0.6 is 0 Å². The van der Waals surface area contributed by atoms with Gasteiger partial charge in [-0.15, -0.1) is 0 Å². The van der Waals surface area contributed by atoms with Gasteiger partial charge < -0.3 is 14.9 Å². The van der Waals surface area contributed by atoms with Crippen LogP contribution in [0.5, 0.6) is 11.8 Å². The van der Waals surface area contributed by atoms with Gasteiger partial charge in [0.25, 0.3) is 0 Å². The lowest BCUT2D eigenvalue weighted by atomic mass is 10.2. The minimum absolute atomic E-state index is 0.200. The summed E-state index contributed by atoms with van der Waals surface area (Å²) in [4.78, 5) is 8.48. The van der Waals surface area contributed by atoms with Crippen LogP contribution in [0.1, 0.15) is 24.0 Å². The molecule has 0 aliphatic rings. The lowest BCUT2D eigenvalue weighted by molar-refractivity contribution is 0.327. The Morgan fingerprint density at radius 1 is 1.35 bits per heavy atom. The van der Waals surface area contributed by atoms with Crippen molar-refractivity contribution in [1.82, 2.24) is 9.97 Å². The molecule has 2 aromatic rings. The molecule has 5 nitrogen and oxygen atoms in total. The van der Waals surface area contributed by atoms with Gasteiger partial charge in [0.15, 0.2) is 5.75 Å². The van der Waals surface area contributed by atoms with Crippen LogP contribution in [0.4, 0.5) is 0 Å².